The maximum atomic E-state index is 13.7. The van der Waals surface area contributed by atoms with Crippen LogP contribution in [0.5, 0.6) is 11.5 Å². The number of halogens is 3. The van der Waals surface area contributed by atoms with Crippen LogP contribution in [0.1, 0.15) is 18.5 Å². The predicted molar refractivity (Wildman–Crippen MR) is 70.5 cm³/mol. The Balaban J connectivity index is 2.41. The molecule has 0 bridgehead atoms. The van der Waals surface area contributed by atoms with Crippen molar-refractivity contribution < 1.29 is 13.5 Å². The van der Waals surface area contributed by atoms with E-state index in [0.717, 1.165) is 6.07 Å². The summed E-state index contributed by atoms with van der Waals surface area (Å²) in [5.74, 6) is -0.409. The average Bonchev–Trinajstić information content (AvgIpc) is 2.32. The van der Waals surface area contributed by atoms with Crippen molar-refractivity contribution >= 4 is 11.6 Å². The fraction of sp³-hybridized carbons (Fsp3) is 0.143. The molecule has 5 heteroatoms. The highest BCUT2D eigenvalue weighted by Gasteiger charge is 2.15. The van der Waals surface area contributed by atoms with Gasteiger partial charge in [-0.15, -0.1) is 0 Å². The second-order valence-corrected chi connectivity index (χ2v) is 4.52. The Bertz CT molecular complexity index is 602. The summed E-state index contributed by atoms with van der Waals surface area (Å²) >= 11 is 5.86. The van der Waals surface area contributed by atoms with Gasteiger partial charge in [0.25, 0.3) is 0 Å². The Morgan fingerprint density at radius 1 is 1.16 bits per heavy atom. The number of ether oxygens (including phenoxy) is 1. The molecule has 1 atom stereocenters. The number of hydrogen-bond acceptors (Lipinski definition) is 2. The summed E-state index contributed by atoms with van der Waals surface area (Å²) < 4.78 is 32.2. The molecule has 0 amide bonds. The van der Waals surface area contributed by atoms with E-state index in [1.807, 2.05) is 0 Å². The molecule has 0 heterocycles. The van der Waals surface area contributed by atoms with Crippen LogP contribution in [-0.4, -0.2) is 0 Å². The highest BCUT2D eigenvalue weighted by atomic mass is 35.5. The van der Waals surface area contributed by atoms with Crippen LogP contribution in [0.15, 0.2) is 36.4 Å². The highest BCUT2D eigenvalue weighted by Crippen LogP contribution is 2.34. The molecular weight excluding hydrogens is 272 g/mol. The zero-order valence-electron chi connectivity index (χ0n) is 10.2. The van der Waals surface area contributed by atoms with E-state index in [1.165, 1.54) is 24.3 Å². The van der Waals surface area contributed by atoms with Crippen LogP contribution in [0.3, 0.4) is 0 Å². The van der Waals surface area contributed by atoms with Gasteiger partial charge in [-0.25, -0.2) is 8.78 Å². The molecule has 0 aliphatic rings. The molecule has 0 fully saturated rings. The zero-order chi connectivity index (χ0) is 14.0. The molecule has 0 aliphatic heterocycles. The minimum absolute atomic E-state index is 0.111. The van der Waals surface area contributed by atoms with Gasteiger partial charge in [0.1, 0.15) is 23.1 Å². The molecule has 100 valence electrons. The van der Waals surface area contributed by atoms with Crippen molar-refractivity contribution in [2.24, 2.45) is 5.73 Å². The van der Waals surface area contributed by atoms with Gasteiger partial charge in [0, 0.05) is 11.6 Å². The molecule has 0 aliphatic carbocycles. The first-order valence-electron chi connectivity index (χ1n) is 5.66. The number of hydrogen-bond donors (Lipinski definition) is 1. The Labute approximate surface area is 114 Å². The first-order valence-corrected chi connectivity index (χ1v) is 6.03. The summed E-state index contributed by atoms with van der Waals surface area (Å²) in [6.07, 6.45) is 0. The Morgan fingerprint density at radius 2 is 1.89 bits per heavy atom. The van der Waals surface area contributed by atoms with Crippen LogP contribution < -0.4 is 10.5 Å². The number of benzene rings is 2. The van der Waals surface area contributed by atoms with Gasteiger partial charge in [-0.2, -0.15) is 0 Å². The molecule has 2 N–H and O–H groups in total. The minimum Gasteiger partial charge on any atom is -0.455 e. The summed E-state index contributed by atoms with van der Waals surface area (Å²) in [7, 11) is 0. The van der Waals surface area contributed by atoms with Gasteiger partial charge in [0.2, 0.25) is 0 Å². The van der Waals surface area contributed by atoms with Gasteiger partial charge in [-0.05, 0) is 37.3 Å². The Kier molecular flexibility index (Phi) is 4.02. The van der Waals surface area contributed by atoms with Gasteiger partial charge in [-0.3, -0.25) is 0 Å². The van der Waals surface area contributed by atoms with E-state index in [4.69, 9.17) is 22.1 Å². The molecule has 0 aromatic heterocycles. The molecule has 2 nitrogen and oxygen atoms in total. The third-order valence-electron chi connectivity index (χ3n) is 2.58. The van der Waals surface area contributed by atoms with Crippen molar-refractivity contribution in [2.75, 3.05) is 0 Å². The molecule has 2 aromatic carbocycles. The summed E-state index contributed by atoms with van der Waals surface area (Å²) in [6, 6.07) is 7.59. The Morgan fingerprint density at radius 3 is 2.53 bits per heavy atom. The van der Waals surface area contributed by atoms with Gasteiger partial charge in [0.15, 0.2) is 0 Å². The smallest absolute Gasteiger partial charge is 0.146 e. The van der Waals surface area contributed by atoms with E-state index in [-0.39, 0.29) is 22.1 Å². The van der Waals surface area contributed by atoms with Crippen molar-refractivity contribution in [1.29, 1.82) is 0 Å². The van der Waals surface area contributed by atoms with Crippen LogP contribution in [0.2, 0.25) is 5.02 Å². The molecule has 2 aromatic rings. The second-order valence-electron chi connectivity index (χ2n) is 4.12. The van der Waals surface area contributed by atoms with Crippen molar-refractivity contribution in [1.82, 2.24) is 0 Å². The van der Waals surface area contributed by atoms with E-state index in [1.54, 1.807) is 13.0 Å². The minimum atomic E-state index is -0.532. The number of nitrogens with two attached hydrogens (primary N) is 1. The van der Waals surface area contributed by atoms with Crippen molar-refractivity contribution in [3.63, 3.8) is 0 Å². The quantitative estimate of drug-likeness (QED) is 0.904. The van der Waals surface area contributed by atoms with E-state index < -0.39 is 17.7 Å². The molecule has 0 saturated heterocycles. The molecule has 0 spiro atoms. The normalized spacial score (nSPS) is 12.3. The molecule has 19 heavy (non-hydrogen) atoms. The lowest BCUT2D eigenvalue weighted by Gasteiger charge is -2.15. The molecule has 2 rings (SSSR count). The fourth-order valence-electron chi connectivity index (χ4n) is 1.72. The van der Waals surface area contributed by atoms with Gasteiger partial charge >= 0.3 is 0 Å². The van der Waals surface area contributed by atoms with Gasteiger partial charge in [-0.1, -0.05) is 17.7 Å². The average molecular weight is 284 g/mol. The Hall–Kier alpha value is -1.65. The lowest BCUT2D eigenvalue weighted by Crippen LogP contribution is -2.09. The standard InChI is InChI=1S/C14H12ClF2NO/c1-8(18)14-11(17)3-2-4-13(14)19-12-6-5-9(16)7-10(12)15/h2-8H,18H2,1H3/t8-/m1/s1. The van der Waals surface area contributed by atoms with Crippen LogP contribution >= 0.6 is 11.6 Å². The third-order valence-corrected chi connectivity index (χ3v) is 2.88. The topological polar surface area (TPSA) is 35.2 Å². The molecule has 0 radical (unpaired) electrons. The lowest BCUT2D eigenvalue weighted by molar-refractivity contribution is 0.459. The summed E-state index contributed by atoms with van der Waals surface area (Å²) in [6.45, 7) is 1.65. The van der Waals surface area contributed by atoms with Crippen molar-refractivity contribution in [3.05, 3.63) is 58.6 Å². The number of rotatable bonds is 3. The summed E-state index contributed by atoms with van der Waals surface area (Å²) in [5, 5.41) is 0.111. The SMILES string of the molecule is C[C@@H](N)c1c(F)cccc1Oc1ccc(F)cc1Cl. The van der Waals surface area contributed by atoms with Gasteiger partial charge in [0.05, 0.1) is 5.02 Å². The predicted octanol–water partition coefficient (Wildman–Crippen LogP) is 4.43. The van der Waals surface area contributed by atoms with Crippen LogP contribution in [0, 0.1) is 11.6 Å². The fourth-order valence-corrected chi connectivity index (χ4v) is 1.93. The van der Waals surface area contributed by atoms with Crippen molar-refractivity contribution in [3.8, 4) is 11.5 Å². The molecule has 0 unspecified atom stereocenters. The van der Waals surface area contributed by atoms with Crippen molar-refractivity contribution in [2.45, 2.75) is 13.0 Å². The van der Waals surface area contributed by atoms with E-state index >= 15 is 0 Å². The van der Waals surface area contributed by atoms with E-state index in [0.29, 0.717) is 0 Å². The van der Waals surface area contributed by atoms with Crippen LogP contribution in [0.4, 0.5) is 8.78 Å². The zero-order valence-corrected chi connectivity index (χ0v) is 10.9. The lowest BCUT2D eigenvalue weighted by atomic mass is 10.1. The van der Waals surface area contributed by atoms with Gasteiger partial charge < -0.3 is 10.5 Å². The molecule has 0 saturated carbocycles. The third kappa shape index (κ3) is 3.03. The summed E-state index contributed by atoms with van der Waals surface area (Å²) in [4.78, 5) is 0. The second kappa shape index (κ2) is 5.55. The first kappa shape index (κ1) is 13.8. The maximum Gasteiger partial charge on any atom is 0.146 e. The van der Waals surface area contributed by atoms with Crippen LogP contribution in [-0.2, 0) is 0 Å². The van der Waals surface area contributed by atoms with Crippen LogP contribution in [0.25, 0.3) is 0 Å². The molecular formula is C14H12ClF2NO. The highest BCUT2D eigenvalue weighted by molar-refractivity contribution is 6.32. The monoisotopic (exact) mass is 283 g/mol. The first-order chi connectivity index (χ1) is 8.99. The largest absolute Gasteiger partial charge is 0.455 e. The van der Waals surface area contributed by atoms with E-state index in [9.17, 15) is 8.78 Å². The van der Waals surface area contributed by atoms with E-state index in [2.05, 4.69) is 0 Å². The maximum absolute atomic E-state index is 13.7. The summed E-state index contributed by atoms with van der Waals surface area (Å²) in [5.41, 5.74) is 5.97.